The summed E-state index contributed by atoms with van der Waals surface area (Å²) in [5.74, 6) is 2.81. The Hall–Kier alpha value is 1.86. The van der Waals surface area contributed by atoms with E-state index in [-0.39, 0.29) is 0 Å². The second-order valence-electron chi connectivity index (χ2n) is 5.40. The van der Waals surface area contributed by atoms with Gasteiger partial charge in [0.25, 0.3) is 0 Å². The number of thioether (sulfide) groups is 1. The first-order chi connectivity index (χ1) is 10.1. The van der Waals surface area contributed by atoms with Crippen molar-refractivity contribution in [3.63, 3.8) is 0 Å². The van der Waals surface area contributed by atoms with Crippen LogP contribution in [0.3, 0.4) is 0 Å². The average Bonchev–Trinajstić information content (AvgIpc) is 2.43. The van der Waals surface area contributed by atoms with Gasteiger partial charge in [-0.25, -0.2) is 0 Å². The zero-order chi connectivity index (χ0) is 16.2. The molecule has 0 aromatic carbocycles. The Morgan fingerprint density at radius 2 is 0.857 bits per heavy atom. The summed E-state index contributed by atoms with van der Waals surface area (Å²) in [6.07, 6.45) is 17.3. The molecule has 0 rings (SSSR count). The Morgan fingerprint density at radius 1 is 0.571 bits per heavy atom. The summed E-state index contributed by atoms with van der Waals surface area (Å²) in [6.45, 7) is 4.58. The Kier molecular flexibility index (Phi) is 28.8. The first-order valence-electron chi connectivity index (χ1n) is 8.65. The average molecular weight is 435 g/mol. The van der Waals surface area contributed by atoms with Crippen molar-refractivity contribution in [3.05, 3.63) is 0 Å². The van der Waals surface area contributed by atoms with Crippen LogP contribution in [0.5, 0.6) is 0 Å². The van der Waals surface area contributed by atoms with E-state index in [1.165, 1.54) is 88.6 Å². The van der Waals surface area contributed by atoms with Gasteiger partial charge in [-0.05, 0) is 24.3 Å². The molecule has 0 aromatic heterocycles. The van der Waals surface area contributed by atoms with Crippen molar-refractivity contribution in [1.82, 2.24) is 0 Å². The molecule has 0 unspecified atom stereocenters. The summed E-state index contributed by atoms with van der Waals surface area (Å²) in [4.78, 5) is 0. The Labute approximate surface area is 155 Å². The van der Waals surface area contributed by atoms with Crippen molar-refractivity contribution < 1.29 is 0 Å². The van der Waals surface area contributed by atoms with Crippen molar-refractivity contribution in [1.29, 1.82) is 0 Å². The zero-order valence-electron chi connectivity index (χ0n) is 14.0. The van der Waals surface area contributed by atoms with Crippen LogP contribution in [0.1, 0.15) is 90.9 Å². The van der Waals surface area contributed by atoms with Gasteiger partial charge in [0, 0.05) is 0 Å². The molecule has 0 saturated heterocycles. The molecule has 0 amide bonds. The number of hydrogen-bond donors (Lipinski definition) is 0. The van der Waals surface area contributed by atoms with Gasteiger partial charge in [-0.1, -0.05) is 78.1 Å². The molecular formula is C16H34Cl3GaS. The van der Waals surface area contributed by atoms with E-state index < -0.39 is 13.2 Å². The maximum atomic E-state index is 4.99. The van der Waals surface area contributed by atoms with Gasteiger partial charge in [-0.15, -0.1) is 0 Å². The normalized spacial score (nSPS) is 10.1. The van der Waals surface area contributed by atoms with Gasteiger partial charge >= 0.3 is 42.1 Å². The van der Waals surface area contributed by atoms with Crippen LogP contribution < -0.4 is 0 Å². The molecule has 0 heterocycles. The van der Waals surface area contributed by atoms with E-state index in [4.69, 9.17) is 28.9 Å². The molecule has 0 atom stereocenters. The molecule has 0 radical (unpaired) electrons. The summed E-state index contributed by atoms with van der Waals surface area (Å²) in [5, 5.41) is 0. The molecule has 0 nitrogen and oxygen atoms in total. The molecule has 0 aliphatic carbocycles. The Morgan fingerprint density at radius 3 is 1.19 bits per heavy atom. The van der Waals surface area contributed by atoms with Crippen LogP contribution in [-0.4, -0.2) is 24.7 Å². The standard InChI is InChI=1S/C16H34S.3ClH.Ga/c1-3-5-7-9-11-13-15-17-16-14-12-10-8-6-4-2;;;;/h3-16H2,1-2H3;3*1H;/q;;;;+3/p-3. The van der Waals surface area contributed by atoms with Crippen LogP contribution >= 0.6 is 40.7 Å². The third-order valence-electron chi connectivity index (χ3n) is 3.28. The van der Waals surface area contributed by atoms with Gasteiger partial charge in [0.2, 0.25) is 0 Å². The van der Waals surface area contributed by atoms with Gasteiger partial charge in [0.05, 0.1) is 0 Å². The number of hydrogen-bond acceptors (Lipinski definition) is 1. The predicted molar refractivity (Wildman–Crippen MR) is 107 cm³/mol. The minimum absolute atomic E-state index is 1.37. The minimum atomic E-state index is -2.06. The molecule has 5 heteroatoms. The SMILES string of the molecule is CCCCCCCCSCCCCCCCC.[Cl][Ga]([Cl])[Cl]. The molecule has 0 fully saturated rings. The summed E-state index contributed by atoms with van der Waals surface area (Å²) < 4.78 is 0. The van der Waals surface area contributed by atoms with Crippen molar-refractivity contribution in [2.75, 3.05) is 11.5 Å². The first-order valence-corrected chi connectivity index (χ1v) is 19.4. The van der Waals surface area contributed by atoms with E-state index >= 15 is 0 Å². The monoisotopic (exact) mass is 432 g/mol. The Balaban J connectivity index is 0. The second-order valence-corrected chi connectivity index (χ2v) is 17.9. The van der Waals surface area contributed by atoms with Crippen LogP contribution in [0, 0.1) is 0 Å². The third kappa shape index (κ3) is 34.3. The van der Waals surface area contributed by atoms with Crippen LogP contribution in [0.4, 0.5) is 0 Å². The molecule has 0 spiro atoms. The molecule has 0 aromatic rings. The predicted octanol–water partition coefficient (Wildman–Crippen LogP) is 8.13. The van der Waals surface area contributed by atoms with Crippen LogP contribution in [0.15, 0.2) is 0 Å². The topological polar surface area (TPSA) is 0 Å². The van der Waals surface area contributed by atoms with E-state index in [0.717, 1.165) is 0 Å². The van der Waals surface area contributed by atoms with E-state index in [9.17, 15) is 0 Å². The fourth-order valence-corrected chi connectivity index (χ4v) is 3.09. The molecule has 0 N–H and O–H groups in total. The summed E-state index contributed by atoms with van der Waals surface area (Å²) >= 11 is 0.118. The summed E-state index contributed by atoms with van der Waals surface area (Å²) in [7, 11) is 15.0. The molecule has 128 valence electrons. The molecule has 21 heavy (non-hydrogen) atoms. The number of rotatable bonds is 14. The number of halogens is 3. The van der Waals surface area contributed by atoms with E-state index in [1.807, 2.05) is 0 Å². The molecular weight excluding hydrogens is 400 g/mol. The van der Waals surface area contributed by atoms with Gasteiger partial charge in [-0.3, -0.25) is 0 Å². The first kappa shape index (κ1) is 25.1. The van der Waals surface area contributed by atoms with Crippen LogP contribution in [-0.2, 0) is 0 Å². The third-order valence-corrected chi connectivity index (χ3v) is 4.44. The molecule has 0 bridgehead atoms. The fourth-order valence-electron chi connectivity index (χ4n) is 2.07. The summed E-state index contributed by atoms with van der Waals surface area (Å²) in [6, 6.07) is 0. The van der Waals surface area contributed by atoms with Gasteiger partial charge in [0.15, 0.2) is 0 Å². The van der Waals surface area contributed by atoms with Crippen LogP contribution in [0.2, 0.25) is 0 Å². The van der Waals surface area contributed by atoms with Gasteiger partial charge in [0.1, 0.15) is 0 Å². The molecule has 0 aliphatic rings. The van der Waals surface area contributed by atoms with Crippen molar-refractivity contribution in [2.24, 2.45) is 0 Å². The van der Waals surface area contributed by atoms with Gasteiger partial charge in [-0.2, -0.15) is 11.8 Å². The quantitative estimate of drug-likeness (QED) is 0.196. The molecule has 0 saturated carbocycles. The zero-order valence-corrected chi connectivity index (χ0v) is 19.5. The van der Waals surface area contributed by atoms with E-state index in [0.29, 0.717) is 0 Å². The van der Waals surface area contributed by atoms with E-state index in [1.54, 1.807) is 0 Å². The maximum absolute atomic E-state index is 4.99. The fraction of sp³-hybridized carbons (Fsp3) is 1.00. The van der Waals surface area contributed by atoms with Crippen molar-refractivity contribution in [2.45, 2.75) is 90.9 Å². The Bertz CT molecular complexity index is 155. The van der Waals surface area contributed by atoms with Crippen LogP contribution in [0.25, 0.3) is 0 Å². The number of unbranched alkanes of at least 4 members (excludes halogenated alkanes) is 10. The van der Waals surface area contributed by atoms with E-state index in [2.05, 4.69) is 25.6 Å². The van der Waals surface area contributed by atoms with Crippen molar-refractivity contribution >= 4 is 53.9 Å². The van der Waals surface area contributed by atoms with Crippen molar-refractivity contribution in [3.8, 4) is 0 Å². The van der Waals surface area contributed by atoms with Gasteiger partial charge < -0.3 is 0 Å². The molecule has 0 aliphatic heterocycles. The second kappa shape index (κ2) is 24.1. The summed E-state index contributed by atoms with van der Waals surface area (Å²) in [5.41, 5.74) is 0.